The highest BCUT2D eigenvalue weighted by Gasteiger charge is 2.37. The normalized spacial score (nSPS) is 14.4. The molecule has 4 amide bonds. The first-order chi connectivity index (χ1) is 17.8. The zero-order valence-corrected chi connectivity index (χ0v) is 21.8. The molecule has 0 aliphatic carbocycles. The van der Waals surface area contributed by atoms with Crippen molar-refractivity contribution in [3.63, 3.8) is 0 Å². The summed E-state index contributed by atoms with van der Waals surface area (Å²) < 4.78 is 12.2. The first-order valence-electron chi connectivity index (χ1n) is 11.1. The molecule has 3 aromatic rings. The summed E-state index contributed by atoms with van der Waals surface area (Å²) in [7, 11) is 0. The molecular formula is C27H19BrClN3O5. The topological polar surface area (TPSA) is 109 Å². The van der Waals surface area contributed by atoms with Gasteiger partial charge in [-0.3, -0.25) is 14.9 Å². The number of urea groups is 1. The van der Waals surface area contributed by atoms with Crippen LogP contribution in [0.15, 0.2) is 70.7 Å². The number of anilines is 1. The summed E-state index contributed by atoms with van der Waals surface area (Å²) >= 11 is 9.38. The summed E-state index contributed by atoms with van der Waals surface area (Å²) in [5.41, 5.74) is 1.70. The Kier molecular flexibility index (Phi) is 7.92. The van der Waals surface area contributed by atoms with Crippen LogP contribution in [0.1, 0.15) is 23.6 Å². The van der Waals surface area contributed by atoms with E-state index < -0.39 is 17.8 Å². The van der Waals surface area contributed by atoms with Crippen molar-refractivity contribution in [2.24, 2.45) is 0 Å². The number of nitriles is 1. The van der Waals surface area contributed by atoms with Gasteiger partial charge in [-0.15, -0.1) is 0 Å². The molecule has 1 aliphatic heterocycles. The number of barbiturate groups is 1. The van der Waals surface area contributed by atoms with Crippen LogP contribution in [0.3, 0.4) is 0 Å². The van der Waals surface area contributed by atoms with E-state index in [2.05, 4.69) is 27.3 Å². The lowest BCUT2D eigenvalue weighted by Gasteiger charge is -2.26. The second kappa shape index (κ2) is 11.3. The van der Waals surface area contributed by atoms with Crippen molar-refractivity contribution >= 4 is 57.1 Å². The number of nitrogens with one attached hydrogen (secondary N) is 1. The predicted octanol–water partition coefficient (Wildman–Crippen LogP) is 5.62. The van der Waals surface area contributed by atoms with Gasteiger partial charge in [0.05, 0.1) is 23.9 Å². The summed E-state index contributed by atoms with van der Waals surface area (Å²) in [5.74, 6) is -0.824. The molecule has 10 heteroatoms. The lowest BCUT2D eigenvalue weighted by molar-refractivity contribution is -0.122. The van der Waals surface area contributed by atoms with Gasteiger partial charge in [-0.05, 0) is 61.0 Å². The van der Waals surface area contributed by atoms with Crippen molar-refractivity contribution in [2.75, 3.05) is 11.5 Å². The number of hydrogen-bond donors (Lipinski definition) is 1. The van der Waals surface area contributed by atoms with Crippen LogP contribution in [0.2, 0.25) is 5.02 Å². The average Bonchev–Trinajstić information content (AvgIpc) is 2.88. The third kappa shape index (κ3) is 5.66. The molecule has 4 rings (SSSR count). The number of imide groups is 2. The van der Waals surface area contributed by atoms with Crippen LogP contribution in [0.25, 0.3) is 6.08 Å². The Morgan fingerprint density at radius 1 is 1.05 bits per heavy atom. The van der Waals surface area contributed by atoms with Gasteiger partial charge in [-0.1, -0.05) is 45.7 Å². The van der Waals surface area contributed by atoms with Gasteiger partial charge in [0.2, 0.25) is 0 Å². The van der Waals surface area contributed by atoms with Crippen LogP contribution >= 0.6 is 27.5 Å². The Balaban J connectivity index is 1.67. The standard InChI is InChI=1S/C27H19BrClN3O5/c1-2-36-23-12-18(22(28)13-24(23)37-15-17-6-4-3-5-16(17)14-30)11-21-25(33)31-27(35)32(26(21)34)20-9-7-19(29)8-10-20/h3-13H,2,15H2,1H3,(H,31,33,35)/b21-11+. The first-order valence-corrected chi connectivity index (χ1v) is 12.2. The summed E-state index contributed by atoms with van der Waals surface area (Å²) in [4.78, 5) is 39.1. The first kappa shape index (κ1) is 25.9. The molecule has 1 saturated heterocycles. The minimum absolute atomic E-state index is 0.135. The summed E-state index contributed by atoms with van der Waals surface area (Å²) in [5, 5.41) is 11.9. The number of carbonyl (C=O) groups excluding carboxylic acids is 3. The van der Waals surface area contributed by atoms with Gasteiger partial charge in [0, 0.05) is 15.1 Å². The third-order valence-electron chi connectivity index (χ3n) is 5.37. The largest absolute Gasteiger partial charge is 0.490 e. The van der Waals surface area contributed by atoms with Crippen LogP contribution in [-0.2, 0) is 16.2 Å². The maximum atomic E-state index is 13.2. The number of carbonyl (C=O) groups is 3. The molecule has 1 aliphatic rings. The van der Waals surface area contributed by atoms with Crippen LogP contribution in [0, 0.1) is 11.3 Å². The maximum absolute atomic E-state index is 13.2. The Labute approximate surface area is 226 Å². The summed E-state index contributed by atoms with van der Waals surface area (Å²) in [6, 6.07) is 17.7. The number of benzene rings is 3. The number of hydrogen-bond acceptors (Lipinski definition) is 6. The lowest BCUT2D eigenvalue weighted by Crippen LogP contribution is -2.54. The fourth-order valence-electron chi connectivity index (χ4n) is 3.59. The zero-order chi connectivity index (χ0) is 26.5. The second-order valence-corrected chi connectivity index (χ2v) is 9.04. The zero-order valence-electron chi connectivity index (χ0n) is 19.5. The molecule has 0 unspecified atom stereocenters. The van der Waals surface area contributed by atoms with Gasteiger partial charge >= 0.3 is 6.03 Å². The van der Waals surface area contributed by atoms with E-state index in [1.165, 1.54) is 30.3 Å². The molecule has 0 saturated carbocycles. The van der Waals surface area contributed by atoms with Crippen LogP contribution in [-0.4, -0.2) is 24.5 Å². The monoisotopic (exact) mass is 579 g/mol. The Morgan fingerprint density at radius 3 is 2.46 bits per heavy atom. The number of amides is 4. The maximum Gasteiger partial charge on any atom is 0.335 e. The van der Waals surface area contributed by atoms with E-state index in [1.54, 1.807) is 30.3 Å². The Bertz CT molecular complexity index is 1460. The number of nitrogens with zero attached hydrogens (tertiary/aromatic N) is 2. The van der Waals surface area contributed by atoms with Crippen molar-refractivity contribution < 1.29 is 23.9 Å². The van der Waals surface area contributed by atoms with Crippen molar-refractivity contribution in [3.05, 3.63) is 92.4 Å². The number of rotatable bonds is 7. The smallest absolute Gasteiger partial charge is 0.335 e. The summed E-state index contributed by atoms with van der Waals surface area (Å²) in [6.45, 7) is 2.28. The molecule has 37 heavy (non-hydrogen) atoms. The molecule has 0 spiro atoms. The van der Waals surface area contributed by atoms with Gasteiger partial charge in [0.15, 0.2) is 11.5 Å². The molecule has 186 valence electrons. The lowest BCUT2D eigenvalue weighted by atomic mass is 10.1. The average molecular weight is 581 g/mol. The molecule has 0 aromatic heterocycles. The van der Waals surface area contributed by atoms with Crippen molar-refractivity contribution in [2.45, 2.75) is 13.5 Å². The highest BCUT2D eigenvalue weighted by molar-refractivity contribution is 9.10. The molecule has 1 fully saturated rings. The van der Waals surface area contributed by atoms with Crippen LogP contribution in [0.4, 0.5) is 10.5 Å². The van der Waals surface area contributed by atoms with E-state index in [9.17, 15) is 19.6 Å². The molecule has 0 radical (unpaired) electrons. The van der Waals surface area contributed by atoms with Gasteiger partial charge < -0.3 is 9.47 Å². The molecule has 1 heterocycles. The van der Waals surface area contributed by atoms with E-state index in [1.807, 2.05) is 13.0 Å². The molecule has 8 nitrogen and oxygen atoms in total. The van der Waals surface area contributed by atoms with Crippen LogP contribution in [0.5, 0.6) is 11.5 Å². The van der Waals surface area contributed by atoms with Crippen molar-refractivity contribution in [3.8, 4) is 17.6 Å². The molecular weight excluding hydrogens is 562 g/mol. The fourth-order valence-corrected chi connectivity index (χ4v) is 4.15. The van der Waals surface area contributed by atoms with E-state index >= 15 is 0 Å². The van der Waals surface area contributed by atoms with Crippen molar-refractivity contribution in [1.82, 2.24) is 5.32 Å². The molecule has 3 aromatic carbocycles. The Morgan fingerprint density at radius 2 is 1.76 bits per heavy atom. The molecule has 1 N–H and O–H groups in total. The van der Waals surface area contributed by atoms with Crippen LogP contribution < -0.4 is 19.7 Å². The van der Waals surface area contributed by atoms with E-state index in [0.717, 1.165) is 4.90 Å². The predicted molar refractivity (Wildman–Crippen MR) is 141 cm³/mol. The Hall–Kier alpha value is -4.13. The molecule has 0 bridgehead atoms. The minimum atomic E-state index is -0.857. The van der Waals surface area contributed by atoms with Gasteiger partial charge in [-0.2, -0.15) is 5.26 Å². The SMILES string of the molecule is CCOc1cc(/C=C2\C(=O)NC(=O)N(c3ccc(Cl)cc3)C2=O)c(Br)cc1OCc1ccccc1C#N. The molecule has 0 atom stereocenters. The van der Waals surface area contributed by atoms with E-state index in [4.69, 9.17) is 21.1 Å². The highest BCUT2D eigenvalue weighted by Crippen LogP contribution is 2.36. The van der Waals surface area contributed by atoms with Gasteiger partial charge in [0.1, 0.15) is 12.2 Å². The van der Waals surface area contributed by atoms with E-state index in [0.29, 0.717) is 44.3 Å². The highest BCUT2D eigenvalue weighted by atomic mass is 79.9. The fraction of sp³-hybridized carbons (Fsp3) is 0.111. The van der Waals surface area contributed by atoms with E-state index in [-0.39, 0.29) is 17.9 Å². The number of ether oxygens (including phenoxy) is 2. The van der Waals surface area contributed by atoms with Crippen molar-refractivity contribution in [1.29, 1.82) is 5.26 Å². The van der Waals surface area contributed by atoms with Gasteiger partial charge in [0.25, 0.3) is 11.8 Å². The van der Waals surface area contributed by atoms with Gasteiger partial charge in [-0.25, -0.2) is 9.69 Å². The minimum Gasteiger partial charge on any atom is -0.490 e. The quantitative estimate of drug-likeness (QED) is 0.287. The summed E-state index contributed by atoms with van der Waals surface area (Å²) in [6.07, 6.45) is 1.37. The second-order valence-electron chi connectivity index (χ2n) is 7.75. The third-order valence-corrected chi connectivity index (χ3v) is 6.31. The number of halogens is 2.